The van der Waals surface area contributed by atoms with E-state index in [-0.39, 0.29) is 5.82 Å². The fourth-order valence-electron chi connectivity index (χ4n) is 2.41. The van der Waals surface area contributed by atoms with Crippen LogP contribution < -0.4 is 0 Å². The third-order valence-corrected chi connectivity index (χ3v) is 3.38. The number of rotatable bonds is 4. The van der Waals surface area contributed by atoms with Crippen molar-refractivity contribution in [3.63, 3.8) is 0 Å². The molecule has 0 aliphatic heterocycles. The molecule has 0 saturated carbocycles. The number of para-hydroxylation sites is 1. The van der Waals surface area contributed by atoms with E-state index in [1.807, 2.05) is 44.3 Å². The number of hydrogen-bond donors (Lipinski definition) is 0. The predicted octanol–water partition coefficient (Wildman–Crippen LogP) is 3.91. The van der Waals surface area contributed by atoms with Gasteiger partial charge in [-0.25, -0.2) is 9.37 Å². The van der Waals surface area contributed by atoms with Gasteiger partial charge in [0.1, 0.15) is 22.9 Å². The lowest BCUT2D eigenvalue weighted by Crippen LogP contribution is -2.17. The molecule has 0 bridgehead atoms. The van der Waals surface area contributed by atoms with Crippen molar-refractivity contribution in [3.8, 4) is 0 Å². The van der Waals surface area contributed by atoms with Gasteiger partial charge in [-0.1, -0.05) is 18.2 Å². The van der Waals surface area contributed by atoms with Crippen molar-refractivity contribution >= 4 is 10.9 Å². The normalized spacial score (nSPS) is 11.4. The van der Waals surface area contributed by atoms with E-state index < -0.39 is 0 Å². The van der Waals surface area contributed by atoms with E-state index in [2.05, 4.69) is 9.88 Å². The molecule has 0 aliphatic carbocycles. The lowest BCUT2D eigenvalue weighted by atomic mass is 10.2. The maximum atomic E-state index is 13.8. The molecule has 0 N–H and O–H groups in total. The van der Waals surface area contributed by atoms with Crippen molar-refractivity contribution in [2.24, 2.45) is 0 Å². The average Bonchev–Trinajstić information content (AvgIpc) is 2.85. The molecule has 3 aromatic rings. The van der Waals surface area contributed by atoms with E-state index in [1.165, 1.54) is 6.07 Å². The molecule has 0 radical (unpaired) electrons. The van der Waals surface area contributed by atoms with E-state index in [0.717, 1.165) is 22.6 Å². The summed E-state index contributed by atoms with van der Waals surface area (Å²) in [5.74, 6) is 1.55. The highest BCUT2D eigenvalue weighted by atomic mass is 19.1. The molecule has 21 heavy (non-hydrogen) atoms. The van der Waals surface area contributed by atoms with Gasteiger partial charge in [0, 0.05) is 11.9 Å². The van der Waals surface area contributed by atoms with E-state index in [9.17, 15) is 4.39 Å². The van der Waals surface area contributed by atoms with Gasteiger partial charge in [-0.2, -0.15) is 0 Å². The largest absolute Gasteiger partial charge is 0.465 e. The van der Waals surface area contributed by atoms with Crippen molar-refractivity contribution in [3.05, 3.63) is 65.5 Å². The van der Waals surface area contributed by atoms with Gasteiger partial charge in [0.05, 0.1) is 12.2 Å². The van der Waals surface area contributed by atoms with Gasteiger partial charge in [-0.3, -0.25) is 4.90 Å². The quantitative estimate of drug-likeness (QED) is 0.727. The van der Waals surface area contributed by atoms with Crippen LogP contribution in [-0.2, 0) is 13.1 Å². The van der Waals surface area contributed by atoms with Crippen LogP contribution in [0.4, 0.5) is 4.39 Å². The van der Waals surface area contributed by atoms with Gasteiger partial charge in [0.2, 0.25) is 0 Å². The Morgan fingerprint density at radius 3 is 2.71 bits per heavy atom. The van der Waals surface area contributed by atoms with Crippen LogP contribution in [0.15, 0.2) is 46.9 Å². The standard InChI is InChI=1S/C17H17FN2O/c1-12-6-9-15(21-12)11-20(2)10-14-8-7-13-4-3-5-16(18)17(13)19-14/h3-9H,10-11H2,1-2H3. The second kappa shape index (κ2) is 5.66. The molecule has 4 heteroatoms. The molecule has 0 saturated heterocycles. The Labute approximate surface area is 123 Å². The van der Waals surface area contributed by atoms with E-state index in [1.54, 1.807) is 6.07 Å². The third-order valence-electron chi connectivity index (χ3n) is 3.38. The Bertz CT molecular complexity index is 766. The molecule has 0 fully saturated rings. The number of aryl methyl sites for hydroxylation is 1. The fraction of sp³-hybridized carbons (Fsp3) is 0.235. The number of halogens is 1. The van der Waals surface area contributed by atoms with Crippen LogP contribution in [0.3, 0.4) is 0 Å². The Balaban J connectivity index is 1.76. The molecule has 108 valence electrons. The average molecular weight is 284 g/mol. The summed E-state index contributed by atoms with van der Waals surface area (Å²) in [6.07, 6.45) is 0. The second-order valence-corrected chi connectivity index (χ2v) is 5.30. The zero-order chi connectivity index (χ0) is 14.8. The number of hydrogen-bond acceptors (Lipinski definition) is 3. The number of furan rings is 1. The molecule has 2 heterocycles. The lowest BCUT2D eigenvalue weighted by molar-refractivity contribution is 0.282. The molecule has 2 aromatic heterocycles. The first kappa shape index (κ1) is 13.8. The minimum Gasteiger partial charge on any atom is -0.465 e. The van der Waals surface area contributed by atoms with Crippen LogP contribution in [0.2, 0.25) is 0 Å². The van der Waals surface area contributed by atoms with Crippen molar-refractivity contribution in [1.29, 1.82) is 0 Å². The monoisotopic (exact) mass is 284 g/mol. The van der Waals surface area contributed by atoms with Crippen LogP contribution in [0.1, 0.15) is 17.2 Å². The summed E-state index contributed by atoms with van der Waals surface area (Å²) >= 11 is 0. The summed E-state index contributed by atoms with van der Waals surface area (Å²) in [7, 11) is 1.99. The summed E-state index contributed by atoms with van der Waals surface area (Å²) in [5.41, 5.74) is 1.27. The number of fused-ring (bicyclic) bond motifs is 1. The van der Waals surface area contributed by atoms with E-state index in [0.29, 0.717) is 18.6 Å². The minimum atomic E-state index is -0.279. The molecule has 0 amide bonds. The maximum absolute atomic E-state index is 13.8. The number of pyridine rings is 1. The topological polar surface area (TPSA) is 29.3 Å². The molecule has 1 aromatic carbocycles. The SMILES string of the molecule is Cc1ccc(CN(C)Cc2ccc3cccc(F)c3n2)o1. The first-order valence-corrected chi connectivity index (χ1v) is 6.90. The lowest BCUT2D eigenvalue weighted by Gasteiger charge is -2.15. The van der Waals surface area contributed by atoms with Crippen LogP contribution in [0.5, 0.6) is 0 Å². The summed E-state index contributed by atoms with van der Waals surface area (Å²) in [6.45, 7) is 3.27. The summed E-state index contributed by atoms with van der Waals surface area (Å²) < 4.78 is 19.3. The van der Waals surface area contributed by atoms with Gasteiger partial charge in [-0.15, -0.1) is 0 Å². The van der Waals surface area contributed by atoms with Gasteiger partial charge >= 0.3 is 0 Å². The second-order valence-electron chi connectivity index (χ2n) is 5.30. The van der Waals surface area contributed by atoms with Crippen LogP contribution in [0, 0.1) is 12.7 Å². The smallest absolute Gasteiger partial charge is 0.149 e. The van der Waals surface area contributed by atoms with Crippen LogP contribution in [0.25, 0.3) is 10.9 Å². The first-order valence-electron chi connectivity index (χ1n) is 6.90. The van der Waals surface area contributed by atoms with Gasteiger partial charge < -0.3 is 4.42 Å². The summed E-state index contributed by atoms with van der Waals surface area (Å²) in [4.78, 5) is 6.50. The molecular weight excluding hydrogens is 267 g/mol. The zero-order valence-corrected chi connectivity index (χ0v) is 12.1. The minimum absolute atomic E-state index is 0.279. The van der Waals surface area contributed by atoms with Crippen molar-refractivity contribution < 1.29 is 8.81 Å². The van der Waals surface area contributed by atoms with Gasteiger partial charge in [0.15, 0.2) is 0 Å². The Hall–Kier alpha value is -2.20. The zero-order valence-electron chi connectivity index (χ0n) is 12.1. The van der Waals surface area contributed by atoms with Crippen molar-refractivity contribution in [2.45, 2.75) is 20.0 Å². The maximum Gasteiger partial charge on any atom is 0.149 e. The molecule has 0 spiro atoms. The molecule has 0 atom stereocenters. The van der Waals surface area contributed by atoms with Crippen LogP contribution in [-0.4, -0.2) is 16.9 Å². The Morgan fingerprint density at radius 2 is 1.95 bits per heavy atom. The van der Waals surface area contributed by atoms with Crippen LogP contribution >= 0.6 is 0 Å². The predicted molar refractivity (Wildman–Crippen MR) is 80.3 cm³/mol. The molecule has 0 unspecified atom stereocenters. The van der Waals surface area contributed by atoms with Gasteiger partial charge in [0.25, 0.3) is 0 Å². The Kier molecular flexibility index (Phi) is 3.71. The highest BCUT2D eigenvalue weighted by Gasteiger charge is 2.08. The van der Waals surface area contributed by atoms with Crippen molar-refractivity contribution in [1.82, 2.24) is 9.88 Å². The first-order chi connectivity index (χ1) is 10.1. The molecule has 3 nitrogen and oxygen atoms in total. The number of benzene rings is 1. The number of aromatic nitrogens is 1. The van der Waals surface area contributed by atoms with E-state index >= 15 is 0 Å². The summed E-state index contributed by atoms with van der Waals surface area (Å²) in [5, 5.41) is 0.822. The fourth-order valence-corrected chi connectivity index (χ4v) is 2.41. The summed E-state index contributed by atoms with van der Waals surface area (Å²) in [6, 6.07) is 12.8. The molecule has 0 aliphatic rings. The van der Waals surface area contributed by atoms with E-state index in [4.69, 9.17) is 4.42 Å². The molecule has 3 rings (SSSR count). The van der Waals surface area contributed by atoms with Crippen molar-refractivity contribution in [2.75, 3.05) is 7.05 Å². The highest BCUT2D eigenvalue weighted by molar-refractivity contribution is 5.79. The highest BCUT2D eigenvalue weighted by Crippen LogP contribution is 2.17. The third kappa shape index (κ3) is 3.11. The Morgan fingerprint density at radius 1 is 1.10 bits per heavy atom. The number of nitrogens with zero attached hydrogens (tertiary/aromatic N) is 2. The molecular formula is C17H17FN2O. The van der Waals surface area contributed by atoms with Gasteiger partial charge in [-0.05, 0) is 38.2 Å².